The van der Waals surface area contributed by atoms with E-state index in [1.165, 1.54) is 19.4 Å². The van der Waals surface area contributed by atoms with Gasteiger partial charge in [-0.25, -0.2) is 9.78 Å². The first-order valence-electron chi connectivity index (χ1n) is 5.97. The minimum atomic E-state index is -0.483. The molecule has 0 radical (unpaired) electrons. The van der Waals surface area contributed by atoms with Gasteiger partial charge in [0.15, 0.2) is 0 Å². The van der Waals surface area contributed by atoms with E-state index in [9.17, 15) is 4.79 Å². The van der Waals surface area contributed by atoms with Crippen molar-refractivity contribution in [2.45, 2.75) is 6.10 Å². The van der Waals surface area contributed by atoms with Crippen LogP contribution in [-0.4, -0.2) is 50.5 Å². The molecule has 7 heteroatoms. The first-order chi connectivity index (χ1) is 9.20. The summed E-state index contributed by atoms with van der Waals surface area (Å²) in [5.74, 6) is -0.0571. The van der Waals surface area contributed by atoms with Crippen LogP contribution in [0.2, 0.25) is 0 Å². The van der Waals surface area contributed by atoms with Gasteiger partial charge < -0.3 is 25.3 Å². The third-order valence-electron chi connectivity index (χ3n) is 2.70. The summed E-state index contributed by atoms with van der Waals surface area (Å²) in [6.45, 7) is 2.21. The minimum Gasteiger partial charge on any atom is -0.465 e. The zero-order valence-electron chi connectivity index (χ0n) is 10.7. The Balaban J connectivity index is 2.04. The number of ether oxygens (including phenoxy) is 3. The lowest BCUT2D eigenvalue weighted by Gasteiger charge is -2.23. The van der Waals surface area contributed by atoms with Crippen LogP contribution in [0.5, 0.6) is 0 Å². The molecule has 0 spiro atoms. The summed E-state index contributed by atoms with van der Waals surface area (Å²) in [6, 6.07) is 1.53. The summed E-state index contributed by atoms with van der Waals surface area (Å²) in [5, 5.41) is 3.05. The predicted octanol–water partition coefficient (Wildman–Crippen LogP) is 0.278. The number of hydrogen-bond acceptors (Lipinski definition) is 7. The maximum Gasteiger partial charge on any atom is 0.341 e. The van der Waals surface area contributed by atoms with Crippen molar-refractivity contribution in [3.05, 3.63) is 17.8 Å². The van der Waals surface area contributed by atoms with Gasteiger partial charge in [0.1, 0.15) is 11.4 Å². The molecule has 19 heavy (non-hydrogen) atoms. The molecule has 1 aliphatic rings. The normalized spacial score (nSPS) is 18.9. The lowest BCUT2D eigenvalue weighted by atomic mass is 10.2. The maximum absolute atomic E-state index is 11.6. The van der Waals surface area contributed by atoms with Gasteiger partial charge in [0, 0.05) is 6.54 Å². The van der Waals surface area contributed by atoms with Crippen molar-refractivity contribution in [1.82, 2.24) is 4.98 Å². The highest BCUT2D eigenvalue weighted by Gasteiger charge is 2.17. The number of aromatic nitrogens is 1. The summed E-state index contributed by atoms with van der Waals surface area (Å²) < 4.78 is 15.5. The molecule has 3 N–H and O–H groups in total. The van der Waals surface area contributed by atoms with Crippen molar-refractivity contribution >= 4 is 17.5 Å². The SMILES string of the molecule is COC(=O)c1cc(N)cnc1NCC1COCCO1. The molecule has 0 bridgehead atoms. The molecule has 1 aromatic heterocycles. The quantitative estimate of drug-likeness (QED) is 0.756. The number of nitrogens with one attached hydrogen (secondary N) is 1. The molecule has 1 aromatic rings. The third kappa shape index (κ3) is 3.55. The number of rotatable bonds is 4. The van der Waals surface area contributed by atoms with E-state index >= 15 is 0 Å². The Hall–Kier alpha value is -1.86. The van der Waals surface area contributed by atoms with Crippen LogP contribution in [0.4, 0.5) is 11.5 Å². The van der Waals surface area contributed by atoms with Crippen LogP contribution in [0.1, 0.15) is 10.4 Å². The van der Waals surface area contributed by atoms with Gasteiger partial charge in [-0.05, 0) is 6.07 Å². The summed E-state index contributed by atoms with van der Waals surface area (Å²) in [7, 11) is 1.31. The zero-order valence-corrected chi connectivity index (χ0v) is 10.7. The Bertz CT molecular complexity index is 447. The van der Waals surface area contributed by atoms with Crippen LogP contribution in [0.3, 0.4) is 0 Å². The Morgan fingerprint density at radius 1 is 1.63 bits per heavy atom. The number of hydrogen-bond donors (Lipinski definition) is 2. The van der Waals surface area contributed by atoms with Gasteiger partial charge >= 0.3 is 5.97 Å². The van der Waals surface area contributed by atoms with Gasteiger partial charge in [-0.3, -0.25) is 0 Å². The van der Waals surface area contributed by atoms with Gasteiger partial charge in [0.2, 0.25) is 0 Å². The number of nitrogens with zero attached hydrogens (tertiary/aromatic N) is 1. The van der Waals surface area contributed by atoms with Gasteiger partial charge in [-0.2, -0.15) is 0 Å². The summed E-state index contributed by atoms with van der Waals surface area (Å²) in [4.78, 5) is 15.7. The molecule has 1 aliphatic heterocycles. The highest BCUT2D eigenvalue weighted by Crippen LogP contribution is 2.17. The molecule has 0 amide bonds. The van der Waals surface area contributed by atoms with Crippen molar-refractivity contribution < 1.29 is 19.0 Å². The molecule has 1 unspecified atom stereocenters. The lowest BCUT2D eigenvalue weighted by Crippen LogP contribution is -2.34. The molecule has 1 saturated heterocycles. The Morgan fingerprint density at radius 3 is 3.16 bits per heavy atom. The van der Waals surface area contributed by atoms with E-state index in [4.69, 9.17) is 19.9 Å². The maximum atomic E-state index is 11.6. The topological polar surface area (TPSA) is 95.7 Å². The average Bonchev–Trinajstić information content (AvgIpc) is 2.46. The molecule has 104 valence electrons. The van der Waals surface area contributed by atoms with Crippen LogP contribution in [0.25, 0.3) is 0 Å². The first kappa shape index (κ1) is 13.6. The van der Waals surface area contributed by atoms with Gasteiger partial charge in [0.25, 0.3) is 0 Å². The molecular formula is C12H17N3O4. The van der Waals surface area contributed by atoms with E-state index in [0.29, 0.717) is 43.4 Å². The molecule has 1 atom stereocenters. The highest BCUT2D eigenvalue weighted by atomic mass is 16.6. The second-order valence-electron chi connectivity index (χ2n) is 4.11. The fraction of sp³-hybridized carbons (Fsp3) is 0.500. The largest absolute Gasteiger partial charge is 0.465 e. The van der Waals surface area contributed by atoms with E-state index in [1.54, 1.807) is 0 Å². The number of carbonyl (C=O) groups excluding carboxylic acids is 1. The predicted molar refractivity (Wildman–Crippen MR) is 69.0 cm³/mol. The second kappa shape index (κ2) is 6.35. The Kier molecular flexibility index (Phi) is 4.53. The summed E-state index contributed by atoms with van der Waals surface area (Å²) >= 11 is 0. The van der Waals surface area contributed by atoms with Gasteiger partial charge in [0.05, 0.1) is 44.9 Å². The lowest BCUT2D eigenvalue weighted by molar-refractivity contribution is -0.0819. The number of carbonyl (C=O) groups is 1. The monoisotopic (exact) mass is 267 g/mol. The van der Waals surface area contributed by atoms with Crippen molar-refractivity contribution in [1.29, 1.82) is 0 Å². The number of nitrogen functional groups attached to an aromatic ring is 1. The van der Waals surface area contributed by atoms with Crippen LogP contribution in [0, 0.1) is 0 Å². The van der Waals surface area contributed by atoms with Crippen molar-refractivity contribution in [2.24, 2.45) is 0 Å². The van der Waals surface area contributed by atoms with Crippen LogP contribution >= 0.6 is 0 Å². The fourth-order valence-electron chi connectivity index (χ4n) is 1.75. The smallest absolute Gasteiger partial charge is 0.341 e. The molecule has 0 aromatic carbocycles. The fourth-order valence-corrected chi connectivity index (χ4v) is 1.75. The van der Waals surface area contributed by atoms with Gasteiger partial charge in [-0.15, -0.1) is 0 Å². The molecule has 0 saturated carbocycles. The average molecular weight is 267 g/mol. The van der Waals surface area contributed by atoms with E-state index in [1.807, 2.05) is 0 Å². The molecule has 0 aliphatic carbocycles. The number of pyridine rings is 1. The van der Waals surface area contributed by atoms with Crippen molar-refractivity contribution in [2.75, 3.05) is 44.5 Å². The molecule has 7 nitrogen and oxygen atoms in total. The van der Waals surface area contributed by atoms with E-state index in [-0.39, 0.29) is 6.10 Å². The summed E-state index contributed by atoms with van der Waals surface area (Å²) in [6.07, 6.45) is 1.42. The standard InChI is InChI=1S/C12H17N3O4/c1-17-12(16)10-4-8(13)5-14-11(10)15-6-9-7-18-2-3-19-9/h4-5,9H,2-3,6-7,13H2,1H3,(H,14,15). The van der Waals surface area contributed by atoms with Crippen molar-refractivity contribution in [3.63, 3.8) is 0 Å². The number of anilines is 2. The van der Waals surface area contributed by atoms with E-state index in [2.05, 4.69) is 10.3 Å². The number of esters is 1. The van der Waals surface area contributed by atoms with Crippen LogP contribution in [-0.2, 0) is 14.2 Å². The minimum absolute atomic E-state index is 0.0569. The third-order valence-corrected chi connectivity index (χ3v) is 2.70. The molecule has 1 fully saturated rings. The van der Waals surface area contributed by atoms with Gasteiger partial charge in [-0.1, -0.05) is 0 Å². The highest BCUT2D eigenvalue weighted by molar-refractivity contribution is 5.95. The molecular weight excluding hydrogens is 250 g/mol. The Labute approximate surface area is 111 Å². The molecule has 2 heterocycles. The van der Waals surface area contributed by atoms with Crippen molar-refractivity contribution in [3.8, 4) is 0 Å². The van der Waals surface area contributed by atoms with E-state index < -0.39 is 5.97 Å². The van der Waals surface area contributed by atoms with Crippen LogP contribution < -0.4 is 11.1 Å². The van der Waals surface area contributed by atoms with E-state index in [0.717, 1.165) is 0 Å². The first-order valence-corrected chi connectivity index (χ1v) is 5.97. The summed E-state index contributed by atoms with van der Waals surface area (Å²) in [5.41, 5.74) is 6.33. The second-order valence-corrected chi connectivity index (χ2v) is 4.11. The number of methoxy groups -OCH3 is 1. The Morgan fingerprint density at radius 2 is 2.47 bits per heavy atom. The molecule has 2 rings (SSSR count). The zero-order chi connectivity index (χ0) is 13.7. The van der Waals surface area contributed by atoms with Crippen LogP contribution in [0.15, 0.2) is 12.3 Å². The number of nitrogens with two attached hydrogens (primary N) is 1.